The Morgan fingerprint density at radius 1 is 1.09 bits per heavy atom. The highest BCUT2D eigenvalue weighted by atomic mass is 32.2. The van der Waals surface area contributed by atoms with Crippen LogP contribution in [0.2, 0.25) is 0 Å². The highest BCUT2D eigenvalue weighted by Crippen LogP contribution is 2.40. The van der Waals surface area contributed by atoms with Gasteiger partial charge in [0, 0.05) is 18.5 Å². The molecule has 43 heavy (non-hydrogen) atoms. The number of methoxy groups -OCH3 is 1. The van der Waals surface area contributed by atoms with Crippen LogP contribution < -0.4 is 15.0 Å². The highest BCUT2D eigenvalue weighted by Gasteiger charge is 2.38. The molecule has 0 radical (unpaired) electrons. The molecule has 0 fully saturated rings. The minimum absolute atomic E-state index is 0.0769. The lowest BCUT2D eigenvalue weighted by molar-refractivity contribution is -0.143. The van der Waals surface area contributed by atoms with Gasteiger partial charge in [-0.15, -0.1) is 0 Å². The van der Waals surface area contributed by atoms with Crippen LogP contribution in [-0.2, 0) is 28.9 Å². The summed E-state index contributed by atoms with van der Waals surface area (Å²) in [5, 5.41) is 12.7. The van der Waals surface area contributed by atoms with Crippen molar-refractivity contribution in [2.24, 2.45) is 0 Å². The van der Waals surface area contributed by atoms with E-state index in [1.165, 1.54) is 19.2 Å². The summed E-state index contributed by atoms with van der Waals surface area (Å²) in [6.45, 7) is 1.75. The van der Waals surface area contributed by atoms with E-state index in [2.05, 4.69) is 20.3 Å². The maximum atomic E-state index is 13.4. The number of halogens is 6. The van der Waals surface area contributed by atoms with Gasteiger partial charge < -0.3 is 15.2 Å². The molecule has 3 heterocycles. The molecule has 11 nitrogen and oxygen atoms in total. The van der Waals surface area contributed by atoms with Gasteiger partial charge in [-0.1, -0.05) is 6.92 Å². The van der Waals surface area contributed by atoms with Crippen LogP contribution in [0.5, 0.6) is 5.88 Å². The summed E-state index contributed by atoms with van der Waals surface area (Å²) in [7, 11) is -3.73. The van der Waals surface area contributed by atoms with Crippen LogP contribution in [0.15, 0.2) is 41.4 Å². The Balaban J connectivity index is 1.79. The van der Waals surface area contributed by atoms with Crippen LogP contribution in [-0.4, -0.2) is 52.3 Å². The number of hydrogen-bond donors (Lipinski definition) is 3. The minimum Gasteiger partial charge on any atom is -0.481 e. The van der Waals surface area contributed by atoms with E-state index in [-0.39, 0.29) is 35.7 Å². The lowest BCUT2D eigenvalue weighted by atomic mass is 9.93. The molecule has 0 saturated heterocycles. The first-order chi connectivity index (χ1) is 19.9. The maximum Gasteiger partial charge on any atom is 0.416 e. The molecule has 1 aliphatic rings. The number of carboxylic acid groups (broad SMARTS) is 1. The van der Waals surface area contributed by atoms with E-state index < -0.39 is 74.3 Å². The molecule has 3 N–H and O–H groups in total. The van der Waals surface area contributed by atoms with Gasteiger partial charge >= 0.3 is 18.4 Å². The molecular formula is C25H23F6N5O6S. The molecule has 232 valence electrons. The summed E-state index contributed by atoms with van der Waals surface area (Å²) < 4.78 is 119. The van der Waals surface area contributed by atoms with E-state index in [1.54, 1.807) is 6.92 Å². The molecule has 3 aromatic rings. The Kier molecular flexibility index (Phi) is 8.47. The second-order valence-corrected chi connectivity index (χ2v) is 10.9. The fourth-order valence-electron chi connectivity index (χ4n) is 4.73. The number of benzene rings is 1. The predicted octanol–water partition coefficient (Wildman–Crippen LogP) is 5.58. The van der Waals surface area contributed by atoms with Gasteiger partial charge in [0.05, 0.1) is 47.6 Å². The number of nitrogens with zero attached hydrogens (tertiary/aromatic N) is 4. The summed E-state index contributed by atoms with van der Waals surface area (Å²) in [5.74, 6) is -0.177. The van der Waals surface area contributed by atoms with Crippen molar-refractivity contribution in [2.45, 2.75) is 55.5 Å². The van der Waals surface area contributed by atoms with Crippen LogP contribution >= 0.6 is 0 Å². The summed E-state index contributed by atoms with van der Waals surface area (Å²) in [5.41, 5.74) is -4.02. The van der Waals surface area contributed by atoms with Crippen LogP contribution in [0.3, 0.4) is 0 Å². The number of alkyl halides is 6. The third-order valence-electron chi connectivity index (χ3n) is 6.66. The summed E-state index contributed by atoms with van der Waals surface area (Å²) in [6, 6.07) is 2.33. The van der Waals surface area contributed by atoms with Crippen LogP contribution in [0, 0.1) is 0 Å². The van der Waals surface area contributed by atoms with Gasteiger partial charge in [0.25, 0.3) is 10.1 Å². The second kappa shape index (κ2) is 11.5. The Bertz CT molecular complexity index is 1620. The molecule has 1 amide bonds. The number of carbonyl (C=O) groups is 1. The molecule has 0 bridgehead atoms. The minimum atomic E-state index is -5.15. The number of amides is 1. The Hall–Kier alpha value is -4.19. The summed E-state index contributed by atoms with van der Waals surface area (Å²) >= 11 is 0. The van der Waals surface area contributed by atoms with Gasteiger partial charge in [-0.2, -0.15) is 34.8 Å². The summed E-state index contributed by atoms with van der Waals surface area (Å²) in [4.78, 5) is 24.4. The SMILES string of the molecule is CC[C@@H]1C[C@H](Nc2ncc(S(=O)(=O)O)c(Cc3cc(C(F)(F)F)cc(C(F)(F)F)c3)n2)c2nc(OC)ccc2N1C(=O)O. The van der Waals surface area contributed by atoms with Crippen LogP contribution in [0.4, 0.5) is 42.8 Å². The zero-order chi connectivity index (χ0) is 31.9. The molecule has 2 aromatic heterocycles. The fraction of sp³-hybridized carbons (Fsp3) is 0.360. The number of anilines is 2. The molecule has 4 rings (SSSR count). The van der Waals surface area contributed by atoms with Gasteiger partial charge in [-0.05, 0) is 42.7 Å². The Morgan fingerprint density at radius 2 is 1.72 bits per heavy atom. The highest BCUT2D eigenvalue weighted by molar-refractivity contribution is 7.85. The largest absolute Gasteiger partial charge is 0.481 e. The number of ether oxygens (including phenoxy) is 1. The third-order valence-corrected chi connectivity index (χ3v) is 7.55. The number of hydrogen-bond acceptors (Lipinski definition) is 8. The van der Waals surface area contributed by atoms with Gasteiger partial charge in [-0.3, -0.25) is 9.45 Å². The first kappa shape index (κ1) is 31.7. The number of aromatic nitrogens is 3. The summed E-state index contributed by atoms with van der Waals surface area (Å²) in [6.07, 6.45) is -11.3. The van der Waals surface area contributed by atoms with Crippen molar-refractivity contribution in [2.75, 3.05) is 17.3 Å². The van der Waals surface area contributed by atoms with E-state index in [0.29, 0.717) is 24.8 Å². The molecule has 0 aliphatic carbocycles. The maximum absolute atomic E-state index is 13.4. The average molecular weight is 636 g/mol. The van der Waals surface area contributed by atoms with Crippen LogP contribution in [0.25, 0.3) is 0 Å². The molecule has 0 saturated carbocycles. The van der Waals surface area contributed by atoms with E-state index in [4.69, 9.17) is 4.74 Å². The van der Waals surface area contributed by atoms with E-state index >= 15 is 0 Å². The normalized spacial score (nSPS) is 17.4. The Morgan fingerprint density at radius 3 is 2.23 bits per heavy atom. The van der Waals surface area contributed by atoms with Gasteiger partial charge in [-0.25, -0.2) is 19.7 Å². The quantitative estimate of drug-likeness (QED) is 0.222. The van der Waals surface area contributed by atoms with Gasteiger partial charge in [0.15, 0.2) is 0 Å². The van der Waals surface area contributed by atoms with Crippen LogP contribution in [0.1, 0.15) is 53.9 Å². The molecule has 18 heteroatoms. The predicted molar refractivity (Wildman–Crippen MR) is 137 cm³/mol. The van der Waals surface area contributed by atoms with E-state index in [9.17, 15) is 49.2 Å². The Labute approximate surface area is 240 Å². The first-order valence-corrected chi connectivity index (χ1v) is 13.8. The van der Waals surface area contributed by atoms with Crippen molar-refractivity contribution in [1.29, 1.82) is 0 Å². The monoisotopic (exact) mass is 635 g/mol. The topological polar surface area (TPSA) is 155 Å². The second-order valence-electron chi connectivity index (χ2n) is 9.48. The lowest BCUT2D eigenvalue weighted by Crippen LogP contribution is -2.45. The zero-order valence-electron chi connectivity index (χ0n) is 22.2. The average Bonchev–Trinajstić information content (AvgIpc) is 2.90. The molecular weight excluding hydrogens is 612 g/mol. The standard InChI is InChI=1S/C25H23F6N5O6S/c1-3-15-10-17(21-18(36(15)23(37)38)4-5-20(35-21)42-2)34-22-32-11-19(43(39,40)41)16(33-22)8-12-6-13(24(26,27)28)9-14(7-12)25(29,30)31/h4-7,9,11,15,17H,3,8,10H2,1-2H3,(H,37,38)(H,32,33,34)(H,39,40,41)/t15-,17+/m1/s1. The fourth-order valence-corrected chi connectivity index (χ4v) is 5.33. The van der Waals surface area contributed by atoms with E-state index in [0.717, 1.165) is 4.90 Å². The number of nitrogens with one attached hydrogen (secondary N) is 1. The number of fused-ring (bicyclic) bond motifs is 1. The number of pyridine rings is 1. The zero-order valence-corrected chi connectivity index (χ0v) is 23.0. The smallest absolute Gasteiger partial charge is 0.416 e. The molecule has 1 aromatic carbocycles. The van der Waals surface area contributed by atoms with Gasteiger partial charge in [0.1, 0.15) is 4.90 Å². The van der Waals surface area contributed by atoms with Gasteiger partial charge in [0.2, 0.25) is 11.8 Å². The van der Waals surface area contributed by atoms with Crippen molar-refractivity contribution < 1.29 is 54.0 Å². The first-order valence-electron chi connectivity index (χ1n) is 12.4. The van der Waals surface area contributed by atoms with Crippen molar-refractivity contribution in [3.05, 3.63) is 64.6 Å². The molecule has 0 unspecified atom stereocenters. The van der Waals surface area contributed by atoms with Crippen molar-refractivity contribution >= 4 is 27.8 Å². The number of rotatable bonds is 7. The molecule has 0 spiro atoms. The van der Waals surface area contributed by atoms with Crippen molar-refractivity contribution in [3.63, 3.8) is 0 Å². The lowest BCUT2D eigenvalue weighted by Gasteiger charge is -2.38. The van der Waals surface area contributed by atoms with Crippen molar-refractivity contribution in [3.8, 4) is 5.88 Å². The molecule has 1 aliphatic heterocycles. The third kappa shape index (κ3) is 6.90. The molecule has 2 atom stereocenters. The van der Waals surface area contributed by atoms with Crippen molar-refractivity contribution in [1.82, 2.24) is 15.0 Å². The van der Waals surface area contributed by atoms with E-state index in [1.807, 2.05) is 0 Å².